The van der Waals surface area contributed by atoms with Gasteiger partial charge in [-0.05, 0) is 43.0 Å². The number of ether oxygens (including phenoxy) is 2. The molecular weight excluding hydrogens is 207 g/mol. The van der Waals surface area contributed by atoms with Crippen molar-refractivity contribution < 1.29 is 13.9 Å². The molecule has 0 radical (unpaired) electrons. The predicted molar refractivity (Wildman–Crippen MR) is 62.3 cm³/mol. The molecule has 0 aliphatic heterocycles. The van der Waals surface area contributed by atoms with Crippen molar-refractivity contribution in [3.8, 4) is 5.75 Å². The standard InChI is InChI=1S/C13H19FO2/c1-4-5-6-11-8-12(14)10(2)7-13(11)16-9-15-3/h7-8H,4-6,9H2,1-3H3. The predicted octanol–water partition coefficient (Wildman–Crippen LogP) is 3.46. The van der Waals surface area contributed by atoms with Gasteiger partial charge in [-0.25, -0.2) is 4.39 Å². The van der Waals surface area contributed by atoms with Crippen LogP contribution in [0.3, 0.4) is 0 Å². The van der Waals surface area contributed by atoms with Crippen LogP contribution >= 0.6 is 0 Å². The van der Waals surface area contributed by atoms with E-state index >= 15 is 0 Å². The maximum Gasteiger partial charge on any atom is 0.188 e. The SMILES string of the molecule is CCCCc1cc(F)c(C)cc1OCOC. The third-order valence-electron chi connectivity index (χ3n) is 2.47. The molecule has 0 aromatic heterocycles. The highest BCUT2D eigenvalue weighted by Gasteiger charge is 2.08. The van der Waals surface area contributed by atoms with Crippen molar-refractivity contribution in [2.75, 3.05) is 13.9 Å². The molecule has 1 rings (SSSR count). The molecule has 1 aromatic carbocycles. The first-order valence-corrected chi connectivity index (χ1v) is 5.59. The number of halogens is 1. The van der Waals surface area contributed by atoms with E-state index < -0.39 is 0 Å². The summed E-state index contributed by atoms with van der Waals surface area (Å²) in [5.41, 5.74) is 1.52. The van der Waals surface area contributed by atoms with E-state index in [1.165, 1.54) is 0 Å². The lowest BCUT2D eigenvalue weighted by Gasteiger charge is -2.12. The second-order valence-corrected chi connectivity index (χ2v) is 3.86. The van der Waals surface area contributed by atoms with Crippen LogP contribution in [0.2, 0.25) is 0 Å². The first-order valence-electron chi connectivity index (χ1n) is 5.59. The first kappa shape index (κ1) is 13.0. The second kappa shape index (κ2) is 6.48. The lowest BCUT2D eigenvalue weighted by Crippen LogP contribution is -2.03. The molecule has 0 N–H and O–H groups in total. The summed E-state index contributed by atoms with van der Waals surface area (Å²) >= 11 is 0. The summed E-state index contributed by atoms with van der Waals surface area (Å²) in [5, 5.41) is 0. The Balaban J connectivity index is 2.87. The van der Waals surface area contributed by atoms with Gasteiger partial charge >= 0.3 is 0 Å². The number of hydrogen-bond acceptors (Lipinski definition) is 2. The Morgan fingerprint density at radius 2 is 2.06 bits per heavy atom. The number of methoxy groups -OCH3 is 1. The molecule has 0 saturated heterocycles. The fourth-order valence-corrected chi connectivity index (χ4v) is 1.52. The van der Waals surface area contributed by atoms with Gasteiger partial charge in [0.05, 0.1) is 0 Å². The Bertz CT molecular complexity index is 304. The average molecular weight is 226 g/mol. The van der Waals surface area contributed by atoms with E-state index in [2.05, 4.69) is 6.92 Å². The molecule has 0 spiro atoms. The third kappa shape index (κ3) is 3.49. The van der Waals surface area contributed by atoms with Gasteiger partial charge in [0.25, 0.3) is 0 Å². The lowest BCUT2D eigenvalue weighted by atomic mass is 10.0. The van der Waals surface area contributed by atoms with E-state index in [1.807, 2.05) is 0 Å². The van der Waals surface area contributed by atoms with E-state index in [1.54, 1.807) is 26.2 Å². The molecule has 2 nitrogen and oxygen atoms in total. The van der Waals surface area contributed by atoms with Gasteiger partial charge in [-0.3, -0.25) is 0 Å². The van der Waals surface area contributed by atoms with Gasteiger partial charge in [0.15, 0.2) is 6.79 Å². The summed E-state index contributed by atoms with van der Waals surface area (Å²) in [6, 6.07) is 3.30. The van der Waals surface area contributed by atoms with Crippen LogP contribution in [-0.4, -0.2) is 13.9 Å². The van der Waals surface area contributed by atoms with Crippen LogP contribution in [0.25, 0.3) is 0 Å². The molecule has 3 heteroatoms. The van der Waals surface area contributed by atoms with Gasteiger partial charge < -0.3 is 9.47 Å². The molecule has 0 bridgehead atoms. The molecule has 0 fully saturated rings. The topological polar surface area (TPSA) is 18.5 Å². The summed E-state index contributed by atoms with van der Waals surface area (Å²) in [6.45, 7) is 4.04. The zero-order valence-electron chi connectivity index (χ0n) is 10.2. The van der Waals surface area contributed by atoms with Crippen LogP contribution in [0.4, 0.5) is 4.39 Å². The number of rotatable bonds is 6. The van der Waals surface area contributed by atoms with Gasteiger partial charge in [0, 0.05) is 7.11 Å². The molecule has 16 heavy (non-hydrogen) atoms. The van der Waals surface area contributed by atoms with Crippen molar-refractivity contribution in [1.82, 2.24) is 0 Å². The molecular formula is C13H19FO2. The number of unbranched alkanes of at least 4 members (excludes halogenated alkanes) is 1. The highest BCUT2D eigenvalue weighted by atomic mass is 19.1. The molecule has 0 unspecified atom stereocenters. The minimum absolute atomic E-state index is 0.170. The van der Waals surface area contributed by atoms with Crippen molar-refractivity contribution >= 4 is 0 Å². The maximum atomic E-state index is 13.4. The zero-order chi connectivity index (χ0) is 12.0. The fourth-order valence-electron chi connectivity index (χ4n) is 1.52. The largest absolute Gasteiger partial charge is 0.467 e. The van der Waals surface area contributed by atoms with E-state index in [9.17, 15) is 4.39 Å². The smallest absolute Gasteiger partial charge is 0.188 e. The second-order valence-electron chi connectivity index (χ2n) is 3.86. The van der Waals surface area contributed by atoms with E-state index in [0.29, 0.717) is 5.56 Å². The van der Waals surface area contributed by atoms with Crippen LogP contribution in [0.15, 0.2) is 12.1 Å². The Morgan fingerprint density at radius 3 is 2.69 bits per heavy atom. The Kier molecular flexibility index (Phi) is 5.26. The molecule has 0 amide bonds. The summed E-state index contributed by atoms with van der Waals surface area (Å²) in [7, 11) is 1.57. The minimum Gasteiger partial charge on any atom is -0.467 e. The van der Waals surface area contributed by atoms with Crippen LogP contribution < -0.4 is 4.74 Å². The first-order chi connectivity index (χ1) is 7.69. The van der Waals surface area contributed by atoms with Crippen LogP contribution in [0.5, 0.6) is 5.75 Å². The molecule has 0 heterocycles. The average Bonchev–Trinajstić information content (AvgIpc) is 2.28. The van der Waals surface area contributed by atoms with Gasteiger partial charge in [0.1, 0.15) is 11.6 Å². The third-order valence-corrected chi connectivity index (χ3v) is 2.47. The Hall–Kier alpha value is -1.09. The number of benzene rings is 1. The van der Waals surface area contributed by atoms with Crippen LogP contribution in [0.1, 0.15) is 30.9 Å². The van der Waals surface area contributed by atoms with Gasteiger partial charge in [-0.2, -0.15) is 0 Å². The van der Waals surface area contributed by atoms with Crippen molar-refractivity contribution in [2.45, 2.75) is 33.1 Å². The summed E-state index contributed by atoms with van der Waals surface area (Å²) in [5.74, 6) is 0.560. The zero-order valence-corrected chi connectivity index (χ0v) is 10.2. The summed E-state index contributed by atoms with van der Waals surface area (Å²) < 4.78 is 23.7. The fraction of sp³-hybridized carbons (Fsp3) is 0.538. The van der Waals surface area contributed by atoms with Crippen molar-refractivity contribution in [3.05, 3.63) is 29.1 Å². The minimum atomic E-state index is -0.170. The Morgan fingerprint density at radius 1 is 1.31 bits per heavy atom. The monoisotopic (exact) mass is 226 g/mol. The molecule has 0 aliphatic carbocycles. The molecule has 1 aromatic rings. The molecule has 0 atom stereocenters. The van der Waals surface area contributed by atoms with Crippen molar-refractivity contribution in [2.24, 2.45) is 0 Å². The van der Waals surface area contributed by atoms with Gasteiger partial charge in [-0.1, -0.05) is 13.3 Å². The molecule has 0 saturated carbocycles. The van der Waals surface area contributed by atoms with Crippen LogP contribution in [0, 0.1) is 12.7 Å². The number of aryl methyl sites for hydroxylation is 2. The highest BCUT2D eigenvalue weighted by molar-refractivity contribution is 5.38. The van der Waals surface area contributed by atoms with Gasteiger partial charge in [0.2, 0.25) is 0 Å². The van der Waals surface area contributed by atoms with E-state index in [0.717, 1.165) is 30.6 Å². The molecule has 90 valence electrons. The Labute approximate surface area is 96.4 Å². The number of hydrogen-bond donors (Lipinski definition) is 0. The quantitative estimate of drug-likeness (QED) is 0.691. The molecule has 0 aliphatic rings. The highest BCUT2D eigenvalue weighted by Crippen LogP contribution is 2.24. The van der Waals surface area contributed by atoms with Gasteiger partial charge in [-0.15, -0.1) is 0 Å². The lowest BCUT2D eigenvalue weighted by molar-refractivity contribution is 0.0503. The van der Waals surface area contributed by atoms with E-state index in [4.69, 9.17) is 9.47 Å². The summed E-state index contributed by atoms with van der Waals surface area (Å²) in [6.07, 6.45) is 2.96. The summed E-state index contributed by atoms with van der Waals surface area (Å²) in [4.78, 5) is 0. The van der Waals surface area contributed by atoms with Crippen molar-refractivity contribution in [1.29, 1.82) is 0 Å². The van der Waals surface area contributed by atoms with Crippen LogP contribution in [-0.2, 0) is 11.2 Å². The maximum absolute atomic E-state index is 13.4. The van der Waals surface area contributed by atoms with E-state index in [-0.39, 0.29) is 12.6 Å². The normalized spacial score (nSPS) is 10.5. The van der Waals surface area contributed by atoms with Crippen molar-refractivity contribution in [3.63, 3.8) is 0 Å².